The lowest BCUT2D eigenvalue weighted by atomic mass is 9.98. The Hall–Kier alpha value is -9.02. The highest BCUT2D eigenvalue weighted by molar-refractivity contribution is 7.09. The van der Waals surface area contributed by atoms with Crippen LogP contribution >= 0.6 is 22.9 Å². The van der Waals surface area contributed by atoms with Gasteiger partial charge < -0.3 is 4.42 Å². The Morgan fingerprint density at radius 2 is 0.847 bits per heavy atom. The van der Waals surface area contributed by atoms with E-state index in [-0.39, 0.29) is 0 Å². The van der Waals surface area contributed by atoms with Crippen LogP contribution < -0.4 is 0 Å². The monoisotopic (exact) mass is 1160 g/mol. The fourth-order valence-corrected chi connectivity index (χ4v) is 9.49. The minimum Gasteiger partial charge on any atom is -0.464 e. The molecule has 0 radical (unpaired) electrons. The summed E-state index contributed by atoms with van der Waals surface area (Å²) in [5.41, 5.74) is 26.3. The third-order valence-electron chi connectivity index (χ3n) is 14.5. The molecule has 432 valence electrons. The highest BCUT2D eigenvalue weighted by Crippen LogP contribution is 2.27. The third-order valence-corrected chi connectivity index (χ3v) is 15.6. The van der Waals surface area contributed by atoms with Gasteiger partial charge in [-0.2, -0.15) is 0 Å². The molecule has 0 fully saturated rings. The van der Waals surface area contributed by atoms with Gasteiger partial charge in [0.25, 0.3) is 0 Å². The molecule has 0 aliphatic rings. The summed E-state index contributed by atoms with van der Waals surface area (Å²) in [6.07, 6.45) is 26.9. The molecular formula is C75H78ClN7OS. The van der Waals surface area contributed by atoms with E-state index in [1.165, 1.54) is 105 Å². The van der Waals surface area contributed by atoms with Gasteiger partial charge in [-0.25, -0.2) is 0 Å². The number of aromatic nitrogens is 7. The Morgan fingerprint density at radius 1 is 0.353 bits per heavy atom. The predicted molar refractivity (Wildman–Crippen MR) is 357 cm³/mol. The van der Waals surface area contributed by atoms with Crippen LogP contribution in [0.5, 0.6) is 0 Å². The minimum atomic E-state index is 0.764. The normalized spacial score (nSPS) is 10.0. The Labute approximate surface area is 513 Å². The van der Waals surface area contributed by atoms with Crippen LogP contribution in [-0.2, 0) is 6.42 Å². The van der Waals surface area contributed by atoms with E-state index in [1.807, 2.05) is 149 Å². The van der Waals surface area contributed by atoms with Crippen molar-refractivity contribution in [3.05, 3.63) is 314 Å². The first-order chi connectivity index (χ1) is 41.0. The molecule has 12 aromatic rings. The molecule has 8 nitrogen and oxygen atoms in total. The second-order valence-corrected chi connectivity index (χ2v) is 22.1. The first-order valence-corrected chi connectivity index (χ1v) is 29.5. The van der Waals surface area contributed by atoms with Crippen molar-refractivity contribution in [2.75, 3.05) is 0 Å². The molecule has 0 aliphatic heterocycles. The van der Waals surface area contributed by atoms with Gasteiger partial charge in [-0.1, -0.05) is 84.4 Å². The summed E-state index contributed by atoms with van der Waals surface area (Å²) >= 11 is 7.63. The molecule has 10 heteroatoms. The van der Waals surface area contributed by atoms with Crippen LogP contribution in [0.2, 0.25) is 5.02 Å². The number of aryl methyl sites for hydroxylation is 10. The van der Waals surface area contributed by atoms with Crippen molar-refractivity contribution in [3.8, 4) is 44.7 Å². The maximum absolute atomic E-state index is 5.83. The number of halogens is 1. The lowest BCUT2D eigenvalue weighted by Crippen LogP contribution is -1.93. The molecule has 9 heterocycles. The van der Waals surface area contributed by atoms with Gasteiger partial charge in [0.05, 0.1) is 6.26 Å². The summed E-state index contributed by atoms with van der Waals surface area (Å²) in [5.74, 6) is 0.898. The molecule has 0 aliphatic carbocycles. The minimum absolute atomic E-state index is 0.764. The van der Waals surface area contributed by atoms with Crippen LogP contribution in [0.1, 0.15) is 82.9 Å². The van der Waals surface area contributed by atoms with Crippen molar-refractivity contribution in [1.82, 2.24) is 34.9 Å². The first-order valence-electron chi connectivity index (χ1n) is 28.2. The van der Waals surface area contributed by atoms with Crippen LogP contribution in [0.25, 0.3) is 44.7 Å². The van der Waals surface area contributed by atoms with Crippen LogP contribution in [-0.4, -0.2) is 34.9 Å². The van der Waals surface area contributed by atoms with E-state index in [0.717, 1.165) is 34.0 Å². The van der Waals surface area contributed by atoms with Gasteiger partial charge in [-0.05, 0) is 262 Å². The number of hydrogen-bond acceptors (Lipinski definition) is 9. The zero-order chi connectivity index (χ0) is 61.1. The molecule has 0 spiro atoms. The molecule has 85 heavy (non-hydrogen) atoms. The number of pyridine rings is 7. The van der Waals surface area contributed by atoms with Crippen molar-refractivity contribution in [2.45, 2.75) is 96.4 Å². The maximum Gasteiger partial charge on any atom is 0.134 e. The first kappa shape index (κ1) is 65.1. The Kier molecular flexibility index (Phi) is 26.0. The zero-order valence-corrected chi connectivity index (χ0v) is 53.0. The molecule has 0 bridgehead atoms. The lowest BCUT2D eigenvalue weighted by molar-refractivity contribution is 0.582. The average molecular weight is 1160 g/mol. The molecule has 0 saturated heterocycles. The molecule has 0 atom stereocenters. The standard InChI is InChI=1S/C13H13N.C12H10ClN.C12H13NS.C12H11N.C10H9NO.C9H13N.C7H9N/c1-10-5-3-4-6-12(10)13-7-8-14-9-11(13)2;1-9-8-14-7-6-12(9)10-2-4-11(13)5-3-10;1-9-7-13-8-11(10(9)2)6-12-4-3-5-14-12;1-10-9-13-8-7-12(10)11-5-3-2-4-6-11;1-8-7-11-5-4-9(8)10-3-2-6-12-10;1-6-5-10-9(4)8(3)7(6)2;1-6-3-4-8-5-7(6)2/h3-9H,1-2H3;2-8H,1H3;3-5,7-8H,6H2,1-2H3;2-9H,1H3;2-7H,1H3;5H,1-4H3;3-5H,1-2H3. The van der Waals surface area contributed by atoms with Crippen LogP contribution in [0.3, 0.4) is 0 Å². The second kappa shape index (κ2) is 33.9. The largest absolute Gasteiger partial charge is 0.464 e. The highest BCUT2D eigenvalue weighted by atomic mass is 35.5. The molecule has 0 saturated carbocycles. The van der Waals surface area contributed by atoms with Gasteiger partial charge in [-0.15, -0.1) is 11.3 Å². The van der Waals surface area contributed by atoms with Gasteiger partial charge in [-0.3, -0.25) is 34.9 Å². The van der Waals surface area contributed by atoms with Crippen LogP contribution in [0, 0.1) is 90.0 Å². The van der Waals surface area contributed by atoms with Crippen molar-refractivity contribution in [1.29, 1.82) is 0 Å². The van der Waals surface area contributed by atoms with Crippen LogP contribution in [0.4, 0.5) is 0 Å². The summed E-state index contributed by atoms with van der Waals surface area (Å²) in [6, 6.07) is 44.8. The average Bonchev–Trinajstić information content (AvgIpc) is 4.29. The van der Waals surface area contributed by atoms with E-state index in [1.54, 1.807) is 30.0 Å². The van der Waals surface area contributed by atoms with E-state index >= 15 is 0 Å². The third kappa shape index (κ3) is 20.4. The maximum atomic E-state index is 5.83. The number of nitrogens with zero attached hydrogens (tertiary/aromatic N) is 7. The molecule has 0 unspecified atom stereocenters. The number of benzene rings is 3. The number of furan rings is 1. The highest BCUT2D eigenvalue weighted by Gasteiger charge is 2.07. The quantitative estimate of drug-likeness (QED) is 0.162. The van der Waals surface area contributed by atoms with E-state index in [9.17, 15) is 0 Å². The summed E-state index contributed by atoms with van der Waals surface area (Å²) in [6.45, 7) is 27.2. The van der Waals surface area contributed by atoms with E-state index in [0.29, 0.717) is 0 Å². The Balaban J connectivity index is 0.000000160. The lowest BCUT2D eigenvalue weighted by Gasteiger charge is -2.07. The topological polar surface area (TPSA) is 103 Å². The fourth-order valence-electron chi connectivity index (χ4n) is 8.64. The predicted octanol–water partition coefficient (Wildman–Crippen LogP) is 20.1. The van der Waals surface area contributed by atoms with Gasteiger partial charge in [0.15, 0.2) is 0 Å². The smallest absolute Gasteiger partial charge is 0.134 e. The fraction of sp³-hybridized carbons (Fsp3) is 0.187. The summed E-state index contributed by atoms with van der Waals surface area (Å²) < 4.78 is 5.27. The molecule has 0 N–H and O–H groups in total. The van der Waals surface area contributed by atoms with Gasteiger partial charge in [0, 0.05) is 108 Å². The summed E-state index contributed by atoms with van der Waals surface area (Å²) in [7, 11) is 0. The van der Waals surface area contributed by atoms with E-state index in [4.69, 9.17) is 16.0 Å². The Morgan fingerprint density at radius 3 is 1.34 bits per heavy atom. The number of thiophene rings is 1. The van der Waals surface area contributed by atoms with Crippen molar-refractivity contribution in [3.63, 3.8) is 0 Å². The van der Waals surface area contributed by atoms with Gasteiger partial charge >= 0.3 is 0 Å². The molecular weight excluding hydrogens is 1080 g/mol. The molecule has 0 amide bonds. The molecule has 3 aromatic carbocycles. The number of rotatable bonds is 6. The Bertz CT molecular complexity index is 3830. The van der Waals surface area contributed by atoms with E-state index in [2.05, 4.69) is 183 Å². The van der Waals surface area contributed by atoms with Crippen LogP contribution in [0.15, 0.2) is 230 Å². The summed E-state index contributed by atoms with van der Waals surface area (Å²) in [5, 5.41) is 2.88. The van der Waals surface area contributed by atoms with Crippen molar-refractivity contribution >= 4 is 22.9 Å². The van der Waals surface area contributed by atoms with E-state index < -0.39 is 0 Å². The van der Waals surface area contributed by atoms with Crippen molar-refractivity contribution in [2.24, 2.45) is 0 Å². The van der Waals surface area contributed by atoms with Crippen molar-refractivity contribution < 1.29 is 4.42 Å². The van der Waals surface area contributed by atoms with Gasteiger partial charge in [0.2, 0.25) is 0 Å². The molecule has 12 rings (SSSR count). The summed E-state index contributed by atoms with van der Waals surface area (Å²) in [4.78, 5) is 30.1. The molecule has 9 aromatic heterocycles. The van der Waals surface area contributed by atoms with Gasteiger partial charge in [0.1, 0.15) is 5.76 Å². The second-order valence-electron chi connectivity index (χ2n) is 20.7. The SMILES string of the molecule is Cc1ccccc1-c1ccncc1C.Cc1ccncc1C.Cc1cnc(C)c(C)c1C.Cc1cncc(Cc2cccs2)c1C.Cc1cnccc1-c1ccc(Cl)cc1.Cc1cnccc1-c1ccccc1.Cc1cnccc1-c1ccco1. The number of hydrogen-bond donors (Lipinski definition) is 0. The zero-order valence-electron chi connectivity index (χ0n) is 51.4.